The van der Waals surface area contributed by atoms with Crippen LogP contribution in [0, 0.1) is 0 Å². The maximum Gasteiger partial charge on any atom is 0.416 e. The third-order valence-electron chi connectivity index (χ3n) is 4.97. The van der Waals surface area contributed by atoms with Gasteiger partial charge in [0, 0.05) is 26.2 Å². The molecule has 2 aromatic carbocycles. The van der Waals surface area contributed by atoms with E-state index in [9.17, 15) is 31.2 Å². The Morgan fingerprint density at radius 2 is 1.64 bits per heavy atom. The first-order valence-corrected chi connectivity index (χ1v) is 11.5. The van der Waals surface area contributed by atoms with Gasteiger partial charge in [0.1, 0.15) is 0 Å². The molecule has 1 aliphatic rings. The van der Waals surface area contributed by atoms with Crippen molar-refractivity contribution in [2.45, 2.75) is 18.0 Å². The van der Waals surface area contributed by atoms with Crippen molar-refractivity contribution >= 4 is 27.7 Å². The zero-order valence-corrected chi connectivity index (χ0v) is 18.4. The molecule has 0 unspecified atom stereocenters. The number of piperazine rings is 1. The van der Waals surface area contributed by atoms with Crippen molar-refractivity contribution in [3.63, 3.8) is 0 Å². The molecule has 2 aromatic rings. The Morgan fingerprint density at radius 3 is 2.27 bits per heavy atom. The van der Waals surface area contributed by atoms with Gasteiger partial charge in [-0.15, -0.1) is 0 Å². The largest absolute Gasteiger partial charge is 0.450 e. The van der Waals surface area contributed by atoms with E-state index >= 15 is 0 Å². The van der Waals surface area contributed by atoms with Gasteiger partial charge in [-0.25, -0.2) is 13.2 Å². The summed E-state index contributed by atoms with van der Waals surface area (Å²) in [6.07, 6.45) is -5.18. The Balaban J connectivity index is 1.78. The number of rotatable bonds is 5. The molecule has 0 aromatic heterocycles. The fraction of sp³-hybridized carbons (Fsp3) is 0.333. The SMILES string of the molecule is CCOC(=O)N1CCN(C(=O)c2ccccc2NS(=O)(=O)c2cccc(C(F)(F)F)c2)CC1. The van der Waals surface area contributed by atoms with E-state index in [1.807, 2.05) is 0 Å². The van der Waals surface area contributed by atoms with E-state index in [0.717, 1.165) is 18.2 Å². The van der Waals surface area contributed by atoms with Crippen LogP contribution >= 0.6 is 0 Å². The quantitative estimate of drug-likeness (QED) is 0.700. The molecule has 1 saturated heterocycles. The summed E-state index contributed by atoms with van der Waals surface area (Å²) in [7, 11) is -4.40. The Hall–Kier alpha value is -3.28. The minimum Gasteiger partial charge on any atom is -0.450 e. The van der Waals surface area contributed by atoms with Crippen LogP contribution < -0.4 is 4.72 Å². The number of benzene rings is 2. The van der Waals surface area contributed by atoms with Gasteiger partial charge in [0.25, 0.3) is 15.9 Å². The molecule has 1 aliphatic heterocycles. The summed E-state index contributed by atoms with van der Waals surface area (Å²) in [5.74, 6) is -0.471. The molecule has 0 aliphatic carbocycles. The van der Waals surface area contributed by atoms with Gasteiger partial charge >= 0.3 is 12.3 Å². The number of nitrogens with one attached hydrogen (secondary N) is 1. The summed E-state index contributed by atoms with van der Waals surface area (Å²) in [5, 5.41) is 0. The van der Waals surface area contributed by atoms with Crippen molar-refractivity contribution < 1.29 is 35.9 Å². The molecule has 1 N–H and O–H groups in total. The summed E-state index contributed by atoms with van der Waals surface area (Å²) in [6, 6.07) is 9.16. The second-order valence-electron chi connectivity index (χ2n) is 7.15. The zero-order chi connectivity index (χ0) is 24.2. The lowest BCUT2D eigenvalue weighted by Gasteiger charge is -2.34. The van der Waals surface area contributed by atoms with Gasteiger partial charge in [-0.2, -0.15) is 13.2 Å². The van der Waals surface area contributed by atoms with Crippen LogP contribution in [0.1, 0.15) is 22.8 Å². The van der Waals surface area contributed by atoms with Crippen LogP contribution in [0.2, 0.25) is 0 Å². The number of para-hydroxylation sites is 1. The summed E-state index contributed by atoms with van der Waals surface area (Å²) in [4.78, 5) is 27.2. The molecular weight excluding hydrogens is 463 g/mol. The molecular formula is C21H22F3N3O5S. The number of sulfonamides is 1. The fourth-order valence-corrected chi connectivity index (χ4v) is 4.40. The van der Waals surface area contributed by atoms with Crippen LogP contribution in [0.3, 0.4) is 0 Å². The van der Waals surface area contributed by atoms with Gasteiger partial charge in [-0.1, -0.05) is 18.2 Å². The van der Waals surface area contributed by atoms with Gasteiger partial charge in [0.2, 0.25) is 0 Å². The van der Waals surface area contributed by atoms with E-state index in [1.54, 1.807) is 13.0 Å². The first-order valence-electron chi connectivity index (χ1n) is 10.0. The number of nitrogens with zero attached hydrogens (tertiary/aromatic N) is 2. The van der Waals surface area contributed by atoms with E-state index in [0.29, 0.717) is 6.07 Å². The van der Waals surface area contributed by atoms with Crippen molar-refractivity contribution in [1.82, 2.24) is 9.80 Å². The van der Waals surface area contributed by atoms with E-state index in [4.69, 9.17) is 4.74 Å². The second kappa shape index (κ2) is 9.69. The number of halogens is 3. The van der Waals surface area contributed by atoms with Crippen molar-refractivity contribution in [3.05, 3.63) is 59.7 Å². The number of carbonyl (C=O) groups excluding carboxylic acids is 2. The number of amides is 2. The molecule has 1 heterocycles. The molecule has 12 heteroatoms. The third-order valence-corrected chi connectivity index (χ3v) is 6.33. The minimum atomic E-state index is -4.70. The molecule has 8 nitrogen and oxygen atoms in total. The lowest BCUT2D eigenvalue weighted by molar-refractivity contribution is -0.137. The van der Waals surface area contributed by atoms with Gasteiger partial charge < -0.3 is 14.5 Å². The smallest absolute Gasteiger partial charge is 0.416 e. The predicted octanol–water partition coefficient (Wildman–Crippen LogP) is 3.42. The number of hydrogen-bond acceptors (Lipinski definition) is 5. The standard InChI is InChI=1S/C21H22F3N3O5S/c1-2-32-20(29)27-12-10-26(11-13-27)19(28)17-8-3-4-9-18(17)25-33(30,31)16-7-5-6-15(14-16)21(22,23)24/h3-9,14,25H,2,10-13H2,1H3. The summed E-state index contributed by atoms with van der Waals surface area (Å²) >= 11 is 0. The summed E-state index contributed by atoms with van der Waals surface area (Å²) in [6.45, 7) is 2.86. The molecule has 1 fully saturated rings. The van der Waals surface area contributed by atoms with Crippen LogP contribution in [0.4, 0.5) is 23.7 Å². The number of hydrogen-bond donors (Lipinski definition) is 1. The first-order chi connectivity index (χ1) is 15.5. The molecule has 0 atom stereocenters. The third kappa shape index (κ3) is 5.75. The Kier molecular flexibility index (Phi) is 7.15. The highest BCUT2D eigenvalue weighted by atomic mass is 32.2. The van der Waals surface area contributed by atoms with Crippen LogP contribution in [-0.4, -0.2) is 63.0 Å². The van der Waals surface area contributed by atoms with E-state index in [-0.39, 0.29) is 44.0 Å². The van der Waals surface area contributed by atoms with Gasteiger partial charge in [-0.3, -0.25) is 9.52 Å². The maximum atomic E-state index is 13.0. The average Bonchev–Trinajstić information content (AvgIpc) is 2.78. The molecule has 3 rings (SSSR count). The molecule has 33 heavy (non-hydrogen) atoms. The molecule has 0 saturated carbocycles. The highest BCUT2D eigenvalue weighted by Gasteiger charge is 2.32. The molecule has 178 valence electrons. The Bertz CT molecular complexity index is 1130. The molecule has 0 radical (unpaired) electrons. The molecule has 0 bridgehead atoms. The van der Waals surface area contributed by atoms with Crippen LogP contribution in [0.15, 0.2) is 53.4 Å². The van der Waals surface area contributed by atoms with Gasteiger partial charge in [0.05, 0.1) is 28.3 Å². The van der Waals surface area contributed by atoms with Gasteiger partial charge in [-0.05, 0) is 37.3 Å². The monoisotopic (exact) mass is 485 g/mol. The average molecular weight is 485 g/mol. The lowest BCUT2D eigenvalue weighted by atomic mass is 10.1. The summed E-state index contributed by atoms with van der Waals surface area (Å²) in [5.41, 5.74) is -1.13. The van der Waals surface area contributed by atoms with E-state index in [2.05, 4.69) is 4.72 Å². The van der Waals surface area contributed by atoms with Crippen molar-refractivity contribution in [1.29, 1.82) is 0 Å². The van der Waals surface area contributed by atoms with E-state index < -0.39 is 38.7 Å². The van der Waals surface area contributed by atoms with Crippen molar-refractivity contribution in [2.24, 2.45) is 0 Å². The Morgan fingerprint density at radius 1 is 1.00 bits per heavy atom. The predicted molar refractivity (Wildman–Crippen MR) is 113 cm³/mol. The number of anilines is 1. The number of carbonyl (C=O) groups is 2. The lowest BCUT2D eigenvalue weighted by Crippen LogP contribution is -2.50. The Labute approximate surface area is 189 Å². The highest BCUT2D eigenvalue weighted by molar-refractivity contribution is 7.92. The zero-order valence-electron chi connectivity index (χ0n) is 17.6. The van der Waals surface area contributed by atoms with Crippen LogP contribution in [0.25, 0.3) is 0 Å². The second-order valence-corrected chi connectivity index (χ2v) is 8.84. The van der Waals surface area contributed by atoms with Gasteiger partial charge in [0.15, 0.2) is 0 Å². The molecule has 0 spiro atoms. The van der Waals surface area contributed by atoms with E-state index in [1.165, 1.54) is 28.0 Å². The van der Waals surface area contributed by atoms with Crippen LogP contribution in [0.5, 0.6) is 0 Å². The normalized spacial score (nSPS) is 14.7. The summed E-state index contributed by atoms with van der Waals surface area (Å²) < 4.78 is 71.6. The van der Waals surface area contributed by atoms with Crippen LogP contribution in [-0.2, 0) is 20.9 Å². The van der Waals surface area contributed by atoms with Crippen molar-refractivity contribution in [2.75, 3.05) is 37.5 Å². The highest BCUT2D eigenvalue weighted by Crippen LogP contribution is 2.31. The maximum absolute atomic E-state index is 13.0. The minimum absolute atomic E-state index is 0.0395. The number of ether oxygens (including phenoxy) is 1. The molecule has 2 amide bonds. The number of alkyl halides is 3. The topological polar surface area (TPSA) is 96.0 Å². The first kappa shape index (κ1) is 24.4. The van der Waals surface area contributed by atoms with Crippen molar-refractivity contribution in [3.8, 4) is 0 Å². The fourth-order valence-electron chi connectivity index (χ4n) is 3.28.